The molecule has 0 fully saturated rings. The van der Waals surface area contributed by atoms with Crippen molar-refractivity contribution in [1.29, 1.82) is 0 Å². The van der Waals surface area contributed by atoms with Crippen LogP contribution in [0, 0.1) is 11.8 Å². The fourth-order valence-corrected chi connectivity index (χ4v) is 1.36. The molecule has 2 aromatic heterocycles. The number of amides is 1. The summed E-state index contributed by atoms with van der Waals surface area (Å²) < 4.78 is 26.6. The van der Waals surface area contributed by atoms with Crippen LogP contribution in [0.5, 0.6) is 0 Å². The van der Waals surface area contributed by atoms with Crippen molar-refractivity contribution >= 4 is 27.7 Å². The summed E-state index contributed by atoms with van der Waals surface area (Å²) in [6, 6.07) is 1.07. The molecule has 92 valence electrons. The van der Waals surface area contributed by atoms with Crippen LogP contribution in [0.4, 0.5) is 14.6 Å². The minimum absolute atomic E-state index is 0.125. The third kappa shape index (κ3) is 2.65. The number of pyridine rings is 1. The standard InChI is InChI=1S/C10H5BrF2N4O/c11-6-3-16-7(4-15-6)17-10(18)5-1-2-14-9(13)8(5)12/h1-4H,(H,16,17,18). The molecular weight excluding hydrogens is 310 g/mol. The molecule has 0 atom stereocenters. The molecule has 0 saturated heterocycles. The van der Waals surface area contributed by atoms with Crippen LogP contribution in [0.15, 0.2) is 29.3 Å². The second kappa shape index (κ2) is 5.13. The van der Waals surface area contributed by atoms with Crippen molar-refractivity contribution in [3.05, 3.63) is 46.6 Å². The van der Waals surface area contributed by atoms with Gasteiger partial charge in [-0.05, 0) is 22.0 Å². The van der Waals surface area contributed by atoms with Crippen molar-refractivity contribution in [2.45, 2.75) is 0 Å². The Morgan fingerprint density at radius 2 is 2.00 bits per heavy atom. The first-order valence-corrected chi connectivity index (χ1v) is 5.46. The van der Waals surface area contributed by atoms with Gasteiger partial charge < -0.3 is 5.32 Å². The van der Waals surface area contributed by atoms with Gasteiger partial charge in [0.1, 0.15) is 4.60 Å². The molecular formula is C10H5BrF2N4O. The van der Waals surface area contributed by atoms with Crippen LogP contribution >= 0.6 is 15.9 Å². The predicted molar refractivity (Wildman–Crippen MR) is 61.8 cm³/mol. The molecule has 5 nitrogen and oxygen atoms in total. The number of hydrogen-bond donors (Lipinski definition) is 1. The zero-order chi connectivity index (χ0) is 13.1. The summed E-state index contributed by atoms with van der Waals surface area (Å²) in [7, 11) is 0. The lowest BCUT2D eigenvalue weighted by Crippen LogP contribution is -2.16. The Morgan fingerprint density at radius 1 is 1.22 bits per heavy atom. The first-order chi connectivity index (χ1) is 8.58. The molecule has 2 heterocycles. The van der Waals surface area contributed by atoms with Crippen LogP contribution in [-0.4, -0.2) is 20.9 Å². The summed E-state index contributed by atoms with van der Waals surface area (Å²) in [5.74, 6) is -3.34. The minimum atomic E-state index is -1.33. The maximum atomic E-state index is 13.3. The molecule has 0 aromatic carbocycles. The Kier molecular flexibility index (Phi) is 3.56. The first kappa shape index (κ1) is 12.5. The molecule has 0 bridgehead atoms. The number of hydrogen-bond acceptors (Lipinski definition) is 4. The number of anilines is 1. The Hall–Kier alpha value is -1.96. The summed E-state index contributed by atoms with van der Waals surface area (Å²) in [5.41, 5.74) is -0.452. The lowest BCUT2D eigenvalue weighted by atomic mass is 10.2. The lowest BCUT2D eigenvalue weighted by Gasteiger charge is -2.04. The highest BCUT2D eigenvalue weighted by atomic mass is 79.9. The van der Waals surface area contributed by atoms with Gasteiger partial charge in [0.2, 0.25) is 5.95 Å². The van der Waals surface area contributed by atoms with Gasteiger partial charge >= 0.3 is 0 Å². The number of rotatable bonds is 2. The van der Waals surface area contributed by atoms with E-state index in [2.05, 4.69) is 36.2 Å². The second-order valence-corrected chi connectivity index (χ2v) is 3.95. The third-order valence-electron chi connectivity index (χ3n) is 1.95. The first-order valence-electron chi connectivity index (χ1n) is 4.67. The number of nitrogens with one attached hydrogen (secondary N) is 1. The average molecular weight is 315 g/mol. The van der Waals surface area contributed by atoms with Gasteiger partial charge in [0.25, 0.3) is 5.91 Å². The quantitative estimate of drug-likeness (QED) is 0.863. The largest absolute Gasteiger partial charge is 0.305 e. The zero-order valence-corrected chi connectivity index (χ0v) is 10.3. The van der Waals surface area contributed by atoms with Crippen molar-refractivity contribution in [2.75, 3.05) is 5.32 Å². The Morgan fingerprint density at radius 3 is 2.67 bits per heavy atom. The molecule has 18 heavy (non-hydrogen) atoms. The second-order valence-electron chi connectivity index (χ2n) is 3.14. The normalized spacial score (nSPS) is 10.2. The van der Waals surface area contributed by atoms with Gasteiger partial charge in [-0.1, -0.05) is 0 Å². The van der Waals surface area contributed by atoms with Gasteiger partial charge in [0.15, 0.2) is 11.6 Å². The fraction of sp³-hybridized carbons (Fsp3) is 0. The van der Waals surface area contributed by atoms with E-state index in [1.54, 1.807) is 0 Å². The number of carbonyl (C=O) groups is 1. The van der Waals surface area contributed by atoms with Crippen molar-refractivity contribution in [3.63, 3.8) is 0 Å². The molecule has 0 spiro atoms. The number of aromatic nitrogens is 3. The number of carbonyl (C=O) groups excluding carboxylic acids is 1. The molecule has 0 aliphatic heterocycles. The summed E-state index contributed by atoms with van der Waals surface area (Å²) >= 11 is 3.07. The predicted octanol–water partition coefficient (Wildman–Crippen LogP) is 2.16. The summed E-state index contributed by atoms with van der Waals surface area (Å²) in [5, 5.41) is 2.29. The highest BCUT2D eigenvalue weighted by molar-refractivity contribution is 9.10. The van der Waals surface area contributed by atoms with Gasteiger partial charge in [0.05, 0.1) is 18.0 Å². The molecule has 0 aliphatic rings. The summed E-state index contributed by atoms with van der Waals surface area (Å²) in [6.45, 7) is 0. The molecule has 0 saturated carbocycles. The van der Waals surface area contributed by atoms with E-state index in [0.29, 0.717) is 4.60 Å². The summed E-state index contributed by atoms with van der Waals surface area (Å²) in [6.07, 6.45) is 3.64. The van der Waals surface area contributed by atoms with E-state index in [9.17, 15) is 13.6 Å². The van der Waals surface area contributed by atoms with Crippen LogP contribution < -0.4 is 5.32 Å². The highest BCUT2D eigenvalue weighted by Crippen LogP contribution is 2.12. The smallest absolute Gasteiger partial charge is 0.260 e. The molecule has 0 radical (unpaired) electrons. The molecule has 2 aromatic rings. The van der Waals surface area contributed by atoms with Gasteiger partial charge in [-0.15, -0.1) is 0 Å². The van der Waals surface area contributed by atoms with Crippen LogP contribution in [0.1, 0.15) is 10.4 Å². The van der Waals surface area contributed by atoms with Gasteiger partial charge in [-0.25, -0.2) is 19.3 Å². The molecule has 0 aliphatic carbocycles. The maximum Gasteiger partial charge on any atom is 0.260 e. The van der Waals surface area contributed by atoms with E-state index in [1.165, 1.54) is 12.4 Å². The van der Waals surface area contributed by atoms with E-state index in [0.717, 1.165) is 12.3 Å². The van der Waals surface area contributed by atoms with E-state index >= 15 is 0 Å². The Balaban J connectivity index is 2.22. The average Bonchev–Trinajstić information content (AvgIpc) is 2.35. The SMILES string of the molecule is O=C(Nc1cnc(Br)cn1)c1ccnc(F)c1F. The monoisotopic (exact) mass is 314 g/mol. The fourth-order valence-electron chi connectivity index (χ4n) is 1.15. The van der Waals surface area contributed by atoms with Crippen LogP contribution in [-0.2, 0) is 0 Å². The van der Waals surface area contributed by atoms with Crippen LogP contribution in [0.2, 0.25) is 0 Å². The van der Waals surface area contributed by atoms with Crippen molar-refractivity contribution < 1.29 is 13.6 Å². The van der Waals surface area contributed by atoms with Crippen LogP contribution in [0.3, 0.4) is 0 Å². The molecule has 1 N–H and O–H groups in total. The van der Waals surface area contributed by atoms with Gasteiger partial charge in [0, 0.05) is 6.20 Å². The Labute approximate surface area is 108 Å². The Bertz CT molecular complexity index is 591. The van der Waals surface area contributed by atoms with Gasteiger partial charge in [-0.2, -0.15) is 4.39 Å². The summed E-state index contributed by atoms with van der Waals surface area (Å²) in [4.78, 5) is 22.4. The molecule has 2 rings (SSSR count). The highest BCUT2D eigenvalue weighted by Gasteiger charge is 2.16. The van der Waals surface area contributed by atoms with E-state index in [4.69, 9.17) is 0 Å². The third-order valence-corrected chi connectivity index (χ3v) is 2.36. The van der Waals surface area contributed by atoms with Crippen molar-refractivity contribution in [1.82, 2.24) is 15.0 Å². The zero-order valence-electron chi connectivity index (χ0n) is 8.69. The molecule has 1 amide bonds. The van der Waals surface area contributed by atoms with E-state index in [-0.39, 0.29) is 5.82 Å². The maximum absolute atomic E-state index is 13.3. The minimum Gasteiger partial charge on any atom is -0.305 e. The topological polar surface area (TPSA) is 67.8 Å². The molecule has 8 heteroatoms. The van der Waals surface area contributed by atoms with Crippen molar-refractivity contribution in [3.8, 4) is 0 Å². The lowest BCUT2D eigenvalue weighted by molar-refractivity contribution is 0.102. The molecule has 0 unspecified atom stereocenters. The van der Waals surface area contributed by atoms with Crippen LogP contribution in [0.25, 0.3) is 0 Å². The van der Waals surface area contributed by atoms with E-state index in [1.807, 2.05) is 0 Å². The number of nitrogens with zero attached hydrogens (tertiary/aromatic N) is 3. The van der Waals surface area contributed by atoms with Crippen molar-refractivity contribution in [2.24, 2.45) is 0 Å². The van der Waals surface area contributed by atoms with Gasteiger partial charge in [-0.3, -0.25) is 4.79 Å². The number of halogens is 3. The van der Waals surface area contributed by atoms with E-state index < -0.39 is 23.2 Å².